The van der Waals surface area contributed by atoms with Crippen LogP contribution in [0.4, 0.5) is 0 Å². The van der Waals surface area contributed by atoms with E-state index in [0.717, 1.165) is 18.7 Å². The van der Waals surface area contributed by atoms with Gasteiger partial charge in [0, 0.05) is 13.1 Å². The second-order valence-corrected chi connectivity index (χ2v) is 7.62. The van der Waals surface area contributed by atoms with Crippen molar-refractivity contribution in [1.29, 1.82) is 0 Å². The molecule has 2 aromatic rings. The van der Waals surface area contributed by atoms with Gasteiger partial charge in [0.15, 0.2) is 0 Å². The third-order valence-electron chi connectivity index (χ3n) is 5.24. The highest BCUT2D eigenvalue weighted by atomic mass is 16.2. The maximum atomic E-state index is 12.4. The van der Waals surface area contributed by atoms with Crippen LogP contribution in [-0.4, -0.2) is 42.4 Å². The van der Waals surface area contributed by atoms with Crippen molar-refractivity contribution in [2.24, 2.45) is 0 Å². The summed E-state index contributed by atoms with van der Waals surface area (Å²) in [5.74, 6) is 0.0610. The van der Waals surface area contributed by atoms with Crippen molar-refractivity contribution in [2.75, 3.05) is 26.7 Å². The summed E-state index contributed by atoms with van der Waals surface area (Å²) in [6, 6.07) is 18.7. The standard InChI is InChI=1S/C23H31N3O/c1-19(20-10-4-3-5-11-20)24-23(27)18-25(2)16-21-12-6-7-13-22(21)17-26-14-8-9-15-26/h3-7,10-13,19H,8-9,14-18H2,1-2H3,(H,24,27). The van der Waals surface area contributed by atoms with Crippen LogP contribution in [0.3, 0.4) is 0 Å². The second kappa shape index (κ2) is 9.67. The Labute approximate surface area is 163 Å². The molecule has 0 aromatic heterocycles. The van der Waals surface area contributed by atoms with Crippen molar-refractivity contribution in [3.8, 4) is 0 Å². The molecule has 27 heavy (non-hydrogen) atoms. The molecule has 1 heterocycles. The predicted octanol–water partition coefficient (Wildman–Crippen LogP) is 3.59. The van der Waals surface area contributed by atoms with Gasteiger partial charge in [-0.3, -0.25) is 14.6 Å². The lowest BCUT2D eigenvalue weighted by Crippen LogP contribution is -2.36. The molecule has 4 heteroatoms. The summed E-state index contributed by atoms with van der Waals surface area (Å²) < 4.78 is 0. The summed E-state index contributed by atoms with van der Waals surface area (Å²) in [7, 11) is 2.01. The molecule has 1 unspecified atom stereocenters. The molecule has 144 valence electrons. The summed E-state index contributed by atoms with van der Waals surface area (Å²) in [5, 5.41) is 3.10. The highest BCUT2D eigenvalue weighted by molar-refractivity contribution is 5.78. The molecular formula is C23H31N3O. The Balaban J connectivity index is 1.52. The number of likely N-dealkylation sites (N-methyl/N-ethyl adjacent to an activating group) is 1. The van der Waals surface area contributed by atoms with E-state index in [-0.39, 0.29) is 11.9 Å². The van der Waals surface area contributed by atoms with Crippen molar-refractivity contribution in [1.82, 2.24) is 15.1 Å². The minimum absolute atomic E-state index is 0.0227. The Morgan fingerprint density at radius 2 is 1.67 bits per heavy atom. The van der Waals surface area contributed by atoms with Crippen molar-refractivity contribution < 1.29 is 4.79 Å². The largest absolute Gasteiger partial charge is 0.348 e. The molecule has 4 nitrogen and oxygen atoms in total. The number of hydrogen-bond donors (Lipinski definition) is 1. The highest BCUT2D eigenvalue weighted by Gasteiger charge is 2.15. The normalized spacial score (nSPS) is 15.8. The lowest BCUT2D eigenvalue weighted by Gasteiger charge is -2.22. The number of nitrogens with one attached hydrogen (secondary N) is 1. The summed E-state index contributed by atoms with van der Waals surface area (Å²) in [6.07, 6.45) is 2.61. The number of rotatable bonds is 8. The predicted molar refractivity (Wildman–Crippen MR) is 110 cm³/mol. The topological polar surface area (TPSA) is 35.6 Å². The van der Waals surface area contributed by atoms with Gasteiger partial charge in [-0.2, -0.15) is 0 Å². The number of benzene rings is 2. The van der Waals surface area contributed by atoms with E-state index in [9.17, 15) is 4.79 Å². The molecule has 0 spiro atoms. The van der Waals surface area contributed by atoms with Gasteiger partial charge >= 0.3 is 0 Å². The van der Waals surface area contributed by atoms with Crippen LogP contribution in [0.15, 0.2) is 54.6 Å². The SMILES string of the molecule is CC(NC(=O)CN(C)Cc1ccccc1CN1CCCC1)c1ccccc1. The molecule has 1 saturated heterocycles. The summed E-state index contributed by atoms with van der Waals surface area (Å²) >= 11 is 0. The fourth-order valence-corrected chi connectivity index (χ4v) is 3.75. The molecular weight excluding hydrogens is 334 g/mol. The van der Waals surface area contributed by atoms with Crippen molar-refractivity contribution in [2.45, 2.75) is 38.9 Å². The zero-order chi connectivity index (χ0) is 19.1. The number of carbonyl (C=O) groups excluding carboxylic acids is 1. The number of likely N-dealkylation sites (tertiary alicyclic amines) is 1. The van der Waals surface area contributed by atoms with Crippen LogP contribution in [0.5, 0.6) is 0 Å². The van der Waals surface area contributed by atoms with Crippen LogP contribution < -0.4 is 5.32 Å². The summed E-state index contributed by atoms with van der Waals surface area (Å²) in [6.45, 7) is 6.63. The van der Waals surface area contributed by atoms with Crippen molar-refractivity contribution in [3.63, 3.8) is 0 Å². The highest BCUT2D eigenvalue weighted by Crippen LogP contribution is 2.17. The van der Waals surface area contributed by atoms with Crippen molar-refractivity contribution in [3.05, 3.63) is 71.3 Å². The van der Waals surface area contributed by atoms with Gasteiger partial charge in [-0.1, -0.05) is 54.6 Å². The van der Waals surface area contributed by atoms with Crippen LogP contribution in [-0.2, 0) is 17.9 Å². The summed E-state index contributed by atoms with van der Waals surface area (Å²) in [5.41, 5.74) is 3.82. The zero-order valence-electron chi connectivity index (χ0n) is 16.5. The fourth-order valence-electron chi connectivity index (χ4n) is 3.75. The monoisotopic (exact) mass is 365 g/mol. The minimum Gasteiger partial charge on any atom is -0.348 e. The van der Waals surface area contributed by atoms with Crippen LogP contribution in [0.25, 0.3) is 0 Å². The van der Waals surface area contributed by atoms with Gasteiger partial charge in [0.1, 0.15) is 0 Å². The van der Waals surface area contributed by atoms with Gasteiger partial charge in [-0.15, -0.1) is 0 Å². The average molecular weight is 366 g/mol. The molecule has 0 aliphatic carbocycles. The fraction of sp³-hybridized carbons (Fsp3) is 0.435. The van der Waals surface area contributed by atoms with E-state index in [0.29, 0.717) is 6.54 Å². The lowest BCUT2D eigenvalue weighted by atomic mass is 10.1. The van der Waals surface area contributed by atoms with Crippen LogP contribution in [0.2, 0.25) is 0 Å². The first kappa shape index (κ1) is 19.6. The van der Waals surface area contributed by atoms with E-state index in [2.05, 4.69) is 39.4 Å². The third kappa shape index (κ3) is 5.91. The molecule has 1 fully saturated rings. The second-order valence-electron chi connectivity index (χ2n) is 7.62. The molecule has 1 amide bonds. The Bertz CT molecular complexity index is 725. The minimum atomic E-state index is 0.0227. The third-order valence-corrected chi connectivity index (χ3v) is 5.24. The lowest BCUT2D eigenvalue weighted by molar-refractivity contribution is -0.122. The molecule has 1 N–H and O–H groups in total. The number of hydrogen-bond acceptors (Lipinski definition) is 3. The summed E-state index contributed by atoms with van der Waals surface area (Å²) in [4.78, 5) is 17.0. The first-order valence-corrected chi connectivity index (χ1v) is 9.94. The molecule has 1 aliphatic rings. The van der Waals surface area contributed by atoms with Gasteiger partial charge in [0.25, 0.3) is 0 Å². The van der Waals surface area contributed by atoms with E-state index in [4.69, 9.17) is 0 Å². The number of carbonyl (C=O) groups is 1. The van der Waals surface area contributed by atoms with E-state index >= 15 is 0 Å². The molecule has 1 atom stereocenters. The number of amides is 1. The average Bonchev–Trinajstić information content (AvgIpc) is 3.17. The van der Waals surface area contributed by atoms with Gasteiger partial charge in [0.2, 0.25) is 5.91 Å². The van der Waals surface area contributed by atoms with E-state index in [1.165, 1.54) is 37.1 Å². The van der Waals surface area contributed by atoms with Gasteiger partial charge in [-0.05, 0) is 56.6 Å². The van der Waals surface area contributed by atoms with E-state index in [1.807, 2.05) is 44.3 Å². The quantitative estimate of drug-likeness (QED) is 0.776. The molecule has 0 bridgehead atoms. The van der Waals surface area contributed by atoms with Crippen molar-refractivity contribution >= 4 is 5.91 Å². The first-order chi connectivity index (χ1) is 13.1. The molecule has 1 aliphatic heterocycles. The maximum Gasteiger partial charge on any atom is 0.234 e. The van der Waals surface area contributed by atoms with Crippen LogP contribution in [0.1, 0.15) is 42.5 Å². The van der Waals surface area contributed by atoms with E-state index in [1.54, 1.807) is 0 Å². The van der Waals surface area contributed by atoms with E-state index < -0.39 is 0 Å². The molecule has 3 rings (SSSR count). The molecule has 0 radical (unpaired) electrons. The Morgan fingerprint density at radius 3 is 2.37 bits per heavy atom. The first-order valence-electron chi connectivity index (χ1n) is 9.94. The Morgan fingerprint density at radius 1 is 1.04 bits per heavy atom. The van der Waals surface area contributed by atoms with Gasteiger partial charge in [0.05, 0.1) is 12.6 Å². The van der Waals surface area contributed by atoms with Crippen LogP contribution >= 0.6 is 0 Å². The Kier molecular flexibility index (Phi) is 7.02. The van der Waals surface area contributed by atoms with Crippen LogP contribution in [0, 0.1) is 0 Å². The Hall–Kier alpha value is -2.17. The maximum absolute atomic E-state index is 12.4. The molecule has 2 aromatic carbocycles. The molecule has 0 saturated carbocycles. The zero-order valence-corrected chi connectivity index (χ0v) is 16.5. The van der Waals surface area contributed by atoms with Gasteiger partial charge < -0.3 is 5.32 Å². The smallest absolute Gasteiger partial charge is 0.234 e. The van der Waals surface area contributed by atoms with Gasteiger partial charge in [-0.25, -0.2) is 0 Å². The number of nitrogens with zero attached hydrogens (tertiary/aromatic N) is 2.